The Morgan fingerprint density at radius 3 is 3.04 bits per heavy atom. The van der Waals surface area contributed by atoms with E-state index in [1.54, 1.807) is 22.0 Å². The van der Waals surface area contributed by atoms with Gasteiger partial charge in [-0.1, -0.05) is 6.07 Å². The number of anilines is 1. The van der Waals surface area contributed by atoms with Crippen LogP contribution in [0.15, 0.2) is 41.5 Å². The number of hydrogen-bond donors (Lipinski definition) is 1. The molecule has 0 saturated carbocycles. The van der Waals surface area contributed by atoms with Crippen molar-refractivity contribution >= 4 is 23.1 Å². The molecule has 1 aliphatic rings. The third-order valence-corrected chi connectivity index (χ3v) is 4.49. The lowest BCUT2D eigenvalue weighted by atomic mass is 10.3. The molecule has 3 aromatic rings. The number of thiazole rings is 1. The van der Waals surface area contributed by atoms with E-state index in [1.165, 1.54) is 11.3 Å². The number of carbonyl (C=O) groups excluding carboxylic acids is 1. The first-order valence-electron chi connectivity index (χ1n) is 7.67. The zero-order valence-electron chi connectivity index (χ0n) is 12.9. The van der Waals surface area contributed by atoms with Crippen LogP contribution >= 0.6 is 11.3 Å². The number of nitrogens with one attached hydrogen (secondary N) is 1. The number of fused-ring (bicyclic) bond motifs is 1. The van der Waals surface area contributed by atoms with Crippen molar-refractivity contribution in [2.75, 3.05) is 11.9 Å². The molecule has 0 spiro atoms. The topological polar surface area (TPSA) is 75.9 Å². The molecule has 0 atom stereocenters. The summed E-state index contributed by atoms with van der Waals surface area (Å²) in [5.41, 5.74) is 3.13. The first-order chi connectivity index (χ1) is 11.8. The Hall–Kier alpha value is -2.74. The lowest BCUT2D eigenvalue weighted by Gasteiger charge is -2.26. The maximum atomic E-state index is 12.4. The molecule has 1 N–H and O–H groups in total. The predicted octanol–water partition coefficient (Wildman–Crippen LogP) is 2.00. The number of nitrogens with zero attached hydrogens (tertiary/aromatic N) is 5. The van der Waals surface area contributed by atoms with E-state index in [2.05, 4.69) is 24.8 Å². The summed E-state index contributed by atoms with van der Waals surface area (Å²) in [5.74, 6) is 1.70. The number of rotatable bonds is 4. The van der Waals surface area contributed by atoms with Crippen molar-refractivity contribution in [1.29, 1.82) is 0 Å². The van der Waals surface area contributed by atoms with Gasteiger partial charge in [-0.2, -0.15) is 0 Å². The number of imidazole rings is 1. The summed E-state index contributed by atoms with van der Waals surface area (Å²) in [6.45, 7) is 2.55. The molecule has 4 heterocycles. The highest BCUT2D eigenvalue weighted by atomic mass is 32.1. The van der Waals surface area contributed by atoms with E-state index >= 15 is 0 Å². The van der Waals surface area contributed by atoms with E-state index in [-0.39, 0.29) is 5.91 Å². The smallest absolute Gasteiger partial charge is 0.273 e. The van der Waals surface area contributed by atoms with Gasteiger partial charge >= 0.3 is 0 Å². The van der Waals surface area contributed by atoms with E-state index in [0.29, 0.717) is 25.3 Å². The Bertz CT molecular complexity index is 830. The Balaban J connectivity index is 1.43. The van der Waals surface area contributed by atoms with E-state index < -0.39 is 0 Å². The summed E-state index contributed by atoms with van der Waals surface area (Å²) in [6.07, 6.45) is 3.79. The van der Waals surface area contributed by atoms with Gasteiger partial charge < -0.3 is 14.8 Å². The van der Waals surface area contributed by atoms with Gasteiger partial charge in [0.2, 0.25) is 0 Å². The van der Waals surface area contributed by atoms with Gasteiger partial charge in [0, 0.05) is 30.9 Å². The summed E-state index contributed by atoms with van der Waals surface area (Å²) in [5, 5.41) is 5.03. The minimum atomic E-state index is -0.0290. The molecule has 0 aromatic carbocycles. The molecule has 4 rings (SSSR count). The summed E-state index contributed by atoms with van der Waals surface area (Å²) in [7, 11) is 0. The molecule has 0 aliphatic carbocycles. The normalized spacial score (nSPS) is 13.6. The maximum absolute atomic E-state index is 12.4. The van der Waals surface area contributed by atoms with Gasteiger partial charge in [0.05, 0.1) is 24.3 Å². The summed E-state index contributed by atoms with van der Waals surface area (Å²) in [6, 6.07) is 5.74. The monoisotopic (exact) mass is 340 g/mol. The van der Waals surface area contributed by atoms with Crippen LogP contribution in [0, 0.1) is 0 Å². The van der Waals surface area contributed by atoms with Crippen LogP contribution in [0.25, 0.3) is 0 Å². The van der Waals surface area contributed by atoms with E-state index in [1.807, 2.05) is 24.4 Å². The maximum Gasteiger partial charge on any atom is 0.273 e. The fourth-order valence-corrected chi connectivity index (χ4v) is 3.22. The van der Waals surface area contributed by atoms with Crippen LogP contribution in [0.4, 0.5) is 5.82 Å². The number of pyridine rings is 1. The molecule has 0 unspecified atom stereocenters. The van der Waals surface area contributed by atoms with Gasteiger partial charge in [-0.15, -0.1) is 11.3 Å². The van der Waals surface area contributed by atoms with Crippen LogP contribution in [0.1, 0.15) is 22.0 Å². The zero-order chi connectivity index (χ0) is 16.4. The van der Waals surface area contributed by atoms with Crippen molar-refractivity contribution in [3.63, 3.8) is 0 Å². The Morgan fingerprint density at radius 1 is 1.29 bits per heavy atom. The van der Waals surface area contributed by atoms with E-state index in [9.17, 15) is 4.79 Å². The number of aromatic nitrogens is 4. The minimum Gasteiger partial charge on any atom is -0.364 e. The largest absolute Gasteiger partial charge is 0.364 e. The Kier molecular flexibility index (Phi) is 3.96. The van der Waals surface area contributed by atoms with Crippen molar-refractivity contribution in [3.8, 4) is 0 Å². The third kappa shape index (κ3) is 3.00. The second kappa shape index (κ2) is 6.40. The summed E-state index contributed by atoms with van der Waals surface area (Å²) in [4.78, 5) is 27.2. The summed E-state index contributed by atoms with van der Waals surface area (Å²) < 4.78 is 2.11. The van der Waals surface area contributed by atoms with Gasteiger partial charge in [-0.05, 0) is 12.1 Å². The van der Waals surface area contributed by atoms with Crippen LogP contribution in [0.2, 0.25) is 0 Å². The molecule has 1 aliphatic heterocycles. The van der Waals surface area contributed by atoms with Gasteiger partial charge in [0.25, 0.3) is 5.91 Å². The first-order valence-corrected chi connectivity index (χ1v) is 8.61. The van der Waals surface area contributed by atoms with Crippen molar-refractivity contribution in [2.24, 2.45) is 0 Å². The average Bonchev–Trinajstić information content (AvgIpc) is 3.29. The highest BCUT2D eigenvalue weighted by Gasteiger charge is 2.24. The fourth-order valence-electron chi connectivity index (χ4n) is 2.70. The second-order valence-corrected chi connectivity index (χ2v) is 6.23. The molecular formula is C16H16N6OS. The Morgan fingerprint density at radius 2 is 2.25 bits per heavy atom. The molecule has 1 amide bonds. The third-order valence-electron chi connectivity index (χ3n) is 3.91. The SMILES string of the molecule is O=C(c1cscn1)N1CCn2cc(CNc3ccccn3)nc2C1. The molecule has 0 fully saturated rings. The van der Waals surface area contributed by atoms with Crippen LogP contribution in [0.3, 0.4) is 0 Å². The quantitative estimate of drug-likeness (QED) is 0.786. The van der Waals surface area contributed by atoms with Crippen molar-refractivity contribution < 1.29 is 4.79 Å². The molecule has 8 heteroatoms. The molecule has 3 aromatic heterocycles. The van der Waals surface area contributed by atoms with Gasteiger partial charge in [-0.25, -0.2) is 15.0 Å². The molecule has 7 nitrogen and oxygen atoms in total. The van der Waals surface area contributed by atoms with Crippen molar-refractivity contribution in [3.05, 3.63) is 58.7 Å². The van der Waals surface area contributed by atoms with Crippen LogP contribution in [-0.2, 0) is 19.6 Å². The highest BCUT2D eigenvalue weighted by Crippen LogP contribution is 2.16. The number of amides is 1. The van der Waals surface area contributed by atoms with Gasteiger partial charge in [0.15, 0.2) is 0 Å². The van der Waals surface area contributed by atoms with Crippen LogP contribution in [0.5, 0.6) is 0 Å². The lowest BCUT2D eigenvalue weighted by molar-refractivity contribution is 0.0702. The number of carbonyl (C=O) groups is 1. The predicted molar refractivity (Wildman–Crippen MR) is 90.6 cm³/mol. The van der Waals surface area contributed by atoms with Gasteiger partial charge in [0.1, 0.15) is 17.3 Å². The van der Waals surface area contributed by atoms with Crippen LogP contribution < -0.4 is 5.32 Å². The molecule has 0 saturated heterocycles. The second-order valence-electron chi connectivity index (χ2n) is 5.51. The average molecular weight is 340 g/mol. The lowest BCUT2D eigenvalue weighted by Crippen LogP contribution is -2.38. The van der Waals surface area contributed by atoms with Gasteiger partial charge in [-0.3, -0.25) is 4.79 Å². The summed E-state index contributed by atoms with van der Waals surface area (Å²) >= 11 is 1.43. The Labute approximate surface area is 143 Å². The molecule has 122 valence electrons. The molecule has 0 bridgehead atoms. The molecular weight excluding hydrogens is 324 g/mol. The minimum absolute atomic E-state index is 0.0290. The van der Waals surface area contributed by atoms with E-state index in [4.69, 9.17) is 0 Å². The van der Waals surface area contributed by atoms with Crippen LogP contribution in [-0.4, -0.2) is 36.9 Å². The highest BCUT2D eigenvalue weighted by molar-refractivity contribution is 7.07. The van der Waals surface area contributed by atoms with Crippen molar-refractivity contribution in [2.45, 2.75) is 19.6 Å². The zero-order valence-corrected chi connectivity index (χ0v) is 13.7. The van der Waals surface area contributed by atoms with Crippen molar-refractivity contribution in [1.82, 2.24) is 24.4 Å². The standard InChI is InChI=1S/C16H16N6OS/c23-16(13-10-24-11-19-13)22-6-5-21-8-12(20-15(21)9-22)7-18-14-3-1-2-4-17-14/h1-4,8,10-11H,5-7,9H2,(H,17,18). The molecule has 0 radical (unpaired) electrons. The molecule has 24 heavy (non-hydrogen) atoms. The van der Waals surface area contributed by atoms with E-state index in [0.717, 1.165) is 23.9 Å². The number of hydrogen-bond acceptors (Lipinski definition) is 6. The first kappa shape index (κ1) is 14.8. The fraction of sp³-hybridized carbons (Fsp3) is 0.250.